The van der Waals surface area contributed by atoms with Gasteiger partial charge in [-0.3, -0.25) is 10.1 Å². The van der Waals surface area contributed by atoms with Gasteiger partial charge in [0, 0.05) is 0 Å². The van der Waals surface area contributed by atoms with Crippen LogP contribution in [0, 0.1) is 0 Å². The summed E-state index contributed by atoms with van der Waals surface area (Å²) in [4.78, 5) is 11.5. The van der Waals surface area contributed by atoms with Gasteiger partial charge in [-0.05, 0) is 36.0 Å². The maximum absolute atomic E-state index is 11.5. The van der Waals surface area contributed by atoms with Crippen LogP contribution in [0.1, 0.15) is 5.56 Å². The van der Waals surface area contributed by atoms with Crippen LogP contribution in [0.4, 0.5) is 0 Å². The fourth-order valence-corrected chi connectivity index (χ4v) is 1.70. The van der Waals surface area contributed by atoms with Crippen molar-refractivity contribution in [2.24, 2.45) is 0 Å². The molecular formula is C13H12N2O2S. The fourth-order valence-electron chi connectivity index (χ4n) is 1.50. The Morgan fingerprint density at radius 3 is 2.89 bits per heavy atom. The highest BCUT2D eigenvalue weighted by molar-refractivity contribution is 7.80. The lowest BCUT2D eigenvalue weighted by atomic mass is 10.2. The molecular weight excluding hydrogens is 248 g/mol. The van der Waals surface area contributed by atoms with Gasteiger partial charge in [0.2, 0.25) is 0 Å². The first kappa shape index (κ1) is 12.3. The van der Waals surface area contributed by atoms with E-state index in [0.29, 0.717) is 17.4 Å². The number of hydrogen-bond donors (Lipinski definition) is 2. The maximum Gasteiger partial charge on any atom is 0.273 e. The fraction of sp³-hybridized carbons (Fsp3) is 0.0769. The molecule has 1 aromatic rings. The minimum absolute atomic E-state index is 0.225. The predicted octanol–water partition coefficient (Wildman–Crippen LogP) is 1.60. The van der Waals surface area contributed by atoms with Crippen molar-refractivity contribution in [1.82, 2.24) is 10.6 Å². The molecule has 5 heteroatoms. The second kappa shape index (κ2) is 5.46. The topological polar surface area (TPSA) is 50.4 Å². The van der Waals surface area contributed by atoms with Crippen molar-refractivity contribution < 1.29 is 9.53 Å². The van der Waals surface area contributed by atoms with Crippen LogP contribution in [0.5, 0.6) is 5.75 Å². The molecule has 0 bridgehead atoms. The molecule has 1 saturated heterocycles. The van der Waals surface area contributed by atoms with Crippen molar-refractivity contribution in [2.75, 3.05) is 6.61 Å². The Kier molecular flexibility index (Phi) is 3.74. The lowest BCUT2D eigenvalue weighted by Gasteiger charge is -2.04. The molecule has 4 nitrogen and oxygen atoms in total. The lowest BCUT2D eigenvalue weighted by Crippen LogP contribution is -2.21. The largest absolute Gasteiger partial charge is 0.490 e. The van der Waals surface area contributed by atoms with E-state index in [-0.39, 0.29) is 5.91 Å². The molecule has 2 rings (SSSR count). The zero-order valence-electron chi connectivity index (χ0n) is 9.60. The van der Waals surface area contributed by atoms with E-state index < -0.39 is 0 Å². The molecule has 92 valence electrons. The lowest BCUT2D eigenvalue weighted by molar-refractivity contribution is -0.115. The van der Waals surface area contributed by atoms with E-state index in [9.17, 15) is 4.79 Å². The number of hydrogen-bond acceptors (Lipinski definition) is 3. The van der Waals surface area contributed by atoms with E-state index >= 15 is 0 Å². The molecule has 0 aromatic heterocycles. The molecule has 1 aliphatic heterocycles. The average molecular weight is 260 g/mol. The van der Waals surface area contributed by atoms with Crippen LogP contribution in [0.2, 0.25) is 0 Å². The molecule has 1 amide bonds. The van der Waals surface area contributed by atoms with Gasteiger partial charge in [0.05, 0.1) is 0 Å². The van der Waals surface area contributed by atoms with Gasteiger partial charge in [0.1, 0.15) is 18.1 Å². The molecule has 0 aliphatic carbocycles. The molecule has 0 spiro atoms. The third-order valence-electron chi connectivity index (χ3n) is 2.26. The summed E-state index contributed by atoms with van der Waals surface area (Å²) in [5.41, 5.74) is 1.29. The molecule has 1 aliphatic rings. The number of ether oxygens (including phenoxy) is 1. The zero-order chi connectivity index (χ0) is 13.0. The van der Waals surface area contributed by atoms with Crippen LogP contribution in [-0.2, 0) is 4.79 Å². The Hall–Kier alpha value is -2.14. The number of carbonyl (C=O) groups is 1. The quantitative estimate of drug-likeness (QED) is 0.490. The van der Waals surface area contributed by atoms with Gasteiger partial charge in [0.25, 0.3) is 5.91 Å². The van der Waals surface area contributed by atoms with E-state index in [1.54, 1.807) is 12.2 Å². The summed E-state index contributed by atoms with van der Waals surface area (Å²) in [5, 5.41) is 5.62. The summed E-state index contributed by atoms with van der Waals surface area (Å²) in [6.07, 6.45) is 3.39. The number of benzene rings is 1. The highest BCUT2D eigenvalue weighted by atomic mass is 32.1. The van der Waals surface area contributed by atoms with Crippen LogP contribution in [0.25, 0.3) is 6.08 Å². The first-order valence-electron chi connectivity index (χ1n) is 5.37. The summed E-state index contributed by atoms with van der Waals surface area (Å²) in [5.74, 6) is 0.502. The van der Waals surface area contributed by atoms with Gasteiger partial charge in [-0.15, -0.1) is 0 Å². The van der Waals surface area contributed by atoms with Gasteiger partial charge in [-0.1, -0.05) is 24.8 Å². The number of thiocarbonyl (C=S) groups is 1. The first-order valence-corrected chi connectivity index (χ1v) is 5.77. The summed E-state index contributed by atoms with van der Waals surface area (Å²) in [7, 11) is 0. The molecule has 18 heavy (non-hydrogen) atoms. The molecule has 0 unspecified atom stereocenters. The van der Waals surface area contributed by atoms with E-state index in [1.807, 2.05) is 24.3 Å². The van der Waals surface area contributed by atoms with Gasteiger partial charge >= 0.3 is 0 Å². The Balaban J connectivity index is 2.18. The molecule has 0 radical (unpaired) electrons. The van der Waals surface area contributed by atoms with E-state index in [0.717, 1.165) is 11.3 Å². The zero-order valence-corrected chi connectivity index (χ0v) is 10.4. The van der Waals surface area contributed by atoms with Crippen molar-refractivity contribution in [3.8, 4) is 5.75 Å². The van der Waals surface area contributed by atoms with Gasteiger partial charge in [0.15, 0.2) is 5.11 Å². The minimum Gasteiger partial charge on any atom is -0.490 e. The van der Waals surface area contributed by atoms with Crippen molar-refractivity contribution in [1.29, 1.82) is 0 Å². The van der Waals surface area contributed by atoms with Crippen LogP contribution < -0.4 is 15.4 Å². The smallest absolute Gasteiger partial charge is 0.273 e. The highest BCUT2D eigenvalue weighted by Crippen LogP contribution is 2.16. The van der Waals surface area contributed by atoms with Gasteiger partial charge in [-0.25, -0.2) is 0 Å². The SMILES string of the molecule is C=CCOc1cccc(/C=C2/NC(=S)NC2=O)c1. The summed E-state index contributed by atoms with van der Waals surface area (Å²) in [6.45, 7) is 4.03. The predicted molar refractivity (Wildman–Crippen MR) is 74.0 cm³/mol. The van der Waals surface area contributed by atoms with E-state index in [4.69, 9.17) is 17.0 Å². The number of amides is 1. The summed E-state index contributed by atoms with van der Waals surface area (Å²) >= 11 is 4.85. The van der Waals surface area contributed by atoms with Crippen LogP contribution >= 0.6 is 12.2 Å². The molecule has 2 N–H and O–H groups in total. The maximum atomic E-state index is 11.5. The van der Waals surface area contributed by atoms with Gasteiger partial charge in [-0.2, -0.15) is 0 Å². The second-order valence-electron chi connectivity index (χ2n) is 3.64. The minimum atomic E-state index is -0.225. The molecule has 1 fully saturated rings. The normalized spacial score (nSPS) is 16.3. The van der Waals surface area contributed by atoms with Crippen LogP contribution in [0.3, 0.4) is 0 Å². The summed E-state index contributed by atoms with van der Waals surface area (Å²) in [6, 6.07) is 7.42. The number of rotatable bonds is 4. The Bertz CT molecular complexity index is 538. The number of carbonyl (C=O) groups excluding carboxylic acids is 1. The number of nitrogens with one attached hydrogen (secondary N) is 2. The van der Waals surface area contributed by atoms with Crippen LogP contribution in [0.15, 0.2) is 42.6 Å². The summed E-state index contributed by atoms with van der Waals surface area (Å²) < 4.78 is 5.41. The van der Waals surface area contributed by atoms with Crippen molar-refractivity contribution >= 4 is 29.3 Å². The second-order valence-corrected chi connectivity index (χ2v) is 4.05. The monoisotopic (exact) mass is 260 g/mol. The van der Waals surface area contributed by atoms with Crippen molar-refractivity contribution in [2.45, 2.75) is 0 Å². The molecule has 0 saturated carbocycles. The Morgan fingerprint density at radius 1 is 1.39 bits per heavy atom. The van der Waals surface area contributed by atoms with E-state index in [2.05, 4.69) is 17.2 Å². The van der Waals surface area contributed by atoms with Crippen molar-refractivity contribution in [3.63, 3.8) is 0 Å². The standard InChI is InChI=1S/C13H12N2O2S/c1-2-6-17-10-5-3-4-9(7-10)8-11-12(16)15-13(18)14-11/h2-5,7-8H,1,6H2,(H2,14,15,16,18)/b11-8+. The third-order valence-corrected chi connectivity index (χ3v) is 2.46. The van der Waals surface area contributed by atoms with Crippen LogP contribution in [-0.4, -0.2) is 17.6 Å². The molecule has 0 atom stereocenters. The third kappa shape index (κ3) is 2.95. The highest BCUT2D eigenvalue weighted by Gasteiger charge is 2.19. The average Bonchev–Trinajstić information content (AvgIpc) is 2.66. The Morgan fingerprint density at radius 2 is 2.22 bits per heavy atom. The molecule has 1 heterocycles. The Labute approximate surface area is 110 Å². The first-order chi connectivity index (χ1) is 8.69. The van der Waals surface area contributed by atoms with Gasteiger partial charge < -0.3 is 10.1 Å². The van der Waals surface area contributed by atoms with Crippen molar-refractivity contribution in [3.05, 3.63) is 48.2 Å². The van der Waals surface area contributed by atoms with E-state index in [1.165, 1.54) is 0 Å². The molecule has 1 aromatic carbocycles.